The van der Waals surface area contributed by atoms with Crippen LogP contribution in [0.1, 0.15) is 5.56 Å². The second-order valence-corrected chi connectivity index (χ2v) is 5.45. The number of nitrogens with zero attached hydrogens (tertiary/aromatic N) is 2. The van der Waals surface area contributed by atoms with Crippen LogP contribution in [0.15, 0.2) is 11.0 Å². The molecule has 1 fully saturated rings. The summed E-state index contributed by atoms with van der Waals surface area (Å²) in [4.78, 5) is 23.3. The molecule has 1 aliphatic heterocycles. The molecule has 1 aliphatic rings. The van der Waals surface area contributed by atoms with Crippen LogP contribution in [-0.2, 0) is 6.54 Å². The Bertz CT molecular complexity index is 680. The smallest absolute Gasteiger partial charge is 0.276 e. The zero-order chi connectivity index (χ0) is 14.3. The number of nitrogens with two attached hydrogens (primary N) is 1. The summed E-state index contributed by atoms with van der Waals surface area (Å²) in [6.45, 7) is 1.77. The third-order valence-electron chi connectivity index (χ3n) is 3.82. The molecule has 0 radical (unpaired) electrons. The lowest BCUT2D eigenvalue weighted by Crippen LogP contribution is -2.59. The van der Waals surface area contributed by atoms with Crippen molar-refractivity contribution in [2.75, 3.05) is 32.0 Å². The van der Waals surface area contributed by atoms with Gasteiger partial charge in [0.1, 0.15) is 11.0 Å². The molecule has 0 atom stereocenters. The van der Waals surface area contributed by atoms with Crippen molar-refractivity contribution in [2.24, 2.45) is 5.41 Å². The van der Waals surface area contributed by atoms with Gasteiger partial charge >= 0.3 is 0 Å². The van der Waals surface area contributed by atoms with E-state index in [2.05, 4.69) is 19.9 Å². The highest BCUT2D eigenvalue weighted by Gasteiger charge is 2.42. The average Bonchev–Trinajstić information content (AvgIpc) is 2.77. The number of fused-ring (bicyclic) bond motifs is 1. The van der Waals surface area contributed by atoms with Gasteiger partial charge in [0.05, 0.1) is 13.2 Å². The summed E-state index contributed by atoms with van der Waals surface area (Å²) >= 11 is 0. The molecule has 108 valence electrons. The zero-order valence-electron chi connectivity index (χ0n) is 10.9. The first-order valence-corrected chi connectivity index (χ1v) is 6.37. The molecular formula is C12H17N5O3. The van der Waals surface area contributed by atoms with Crippen molar-refractivity contribution < 1.29 is 10.2 Å². The van der Waals surface area contributed by atoms with Crippen LogP contribution in [0.2, 0.25) is 0 Å². The molecule has 0 spiro atoms. The van der Waals surface area contributed by atoms with Crippen LogP contribution in [0, 0.1) is 5.41 Å². The van der Waals surface area contributed by atoms with Crippen molar-refractivity contribution in [1.82, 2.24) is 19.9 Å². The number of likely N-dealkylation sites (tertiary alicyclic amines) is 1. The molecule has 2 aromatic rings. The molecule has 0 saturated carbocycles. The molecule has 1 saturated heterocycles. The number of H-pyrrole nitrogens is 2. The van der Waals surface area contributed by atoms with Gasteiger partial charge in [-0.05, 0) is 0 Å². The Balaban J connectivity index is 1.82. The highest BCUT2D eigenvalue weighted by Crippen LogP contribution is 2.31. The minimum atomic E-state index is -0.407. The van der Waals surface area contributed by atoms with Gasteiger partial charge in [-0.15, -0.1) is 0 Å². The predicted octanol–water partition coefficient (Wildman–Crippen LogP) is -1.38. The molecule has 0 unspecified atom stereocenters. The van der Waals surface area contributed by atoms with Crippen LogP contribution in [0.5, 0.6) is 0 Å². The van der Waals surface area contributed by atoms with Gasteiger partial charge in [0.25, 0.3) is 5.56 Å². The number of aromatic nitrogens is 3. The lowest BCUT2D eigenvalue weighted by Gasteiger charge is -2.48. The maximum Gasteiger partial charge on any atom is 0.276 e. The lowest BCUT2D eigenvalue weighted by atomic mass is 9.81. The molecule has 8 heteroatoms. The second-order valence-electron chi connectivity index (χ2n) is 5.45. The van der Waals surface area contributed by atoms with Gasteiger partial charge < -0.3 is 20.9 Å². The Morgan fingerprint density at radius 2 is 2.10 bits per heavy atom. The Morgan fingerprint density at radius 3 is 2.75 bits per heavy atom. The van der Waals surface area contributed by atoms with Gasteiger partial charge in [-0.1, -0.05) is 0 Å². The number of aromatic amines is 2. The van der Waals surface area contributed by atoms with Crippen molar-refractivity contribution in [3.8, 4) is 0 Å². The van der Waals surface area contributed by atoms with E-state index in [1.54, 1.807) is 6.20 Å². The number of nitrogens with one attached hydrogen (secondary N) is 2. The highest BCUT2D eigenvalue weighted by molar-refractivity contribution is 5.78. The maximum atomic E-state index is 11.7. The van der Waals surface area contributed by atoms with E-state index in [4.69, 9.17) is 5.73 Å². The fourth-order valence-corrected chi connectivity index (χ4v) is 2.71. The Labute approximate surface area is 114 Å². The van der Waals surface area contributed by atoms with Crippen LogP contribution in [0.25, 0.3) is 11.0 Å². The van der Waals surface area contributed by atoms with E-state index in [9.17, 15) is 15.0 Å². The van der Waals surface area contributed by atoms with E-state index in [1.165, 1.54) is 0 Å². The molecule has 6 N–H and O–H groups in total. The summed E-state index contributed by atoms with van der Waals surface area (Å²) in [6, 6.07) is 0. The standard InChI is InChI=1S/C12H17N5O3/c13-11-15-8-7(1-14-9(8)10(20)16-11)2-17-3-12(4-17,5-18)6-19/h1,14,18-19H,2-6H2,(H3,13,15,16,20). The first-order chi connectivity index (χ1) is 9.57. The van der Waals surface area contributed by atoms with Crippen LogP contribution >= 0.6 is 0 Å². The number of nitrogen functional groups attached to an aromatic ring is 1. The Morgan fingerprint density at radius 1 is 1.40 bits per heavy atom. The van der Waals surface area contributed by atoms with Gasteiger partial charge in [0, 0.05) is 36.8 Å². The molecular weight excluding hydrogens is 262 g/mol. The molecule has 0 aromatic carbocycles. The van der Waals surface area contributed by atoms with Crippen molar-refractivity contribution in [3.63, 3.8) is 0 Å². The highest BCUT2D eigenvalue weighted by atomic mass is 16.3. The van der Waals surface area contributed by atoms with Gasteiger partial charge in [-0.3, -0.25) is 14.7 Å². The third-order valence-corrected chi connectivity index (χ3v) is 3.82. The van der Waals surface area contributed by atoms with Gasteiger partial charge in [0.2, 0.25) is 5.95 Å². The summed E-state index contributed by atoms with van der Waals surface area (Å²) < 4.78 is 0. The predicted molar refractivity (Wildman–Crippen MR) is 73.0 cm³/mol. The average molecular weight is 279 g/mol. The number of hydrogen-bond acceptors (Lipinski definition) is 6. The van der Waals surface area contributed by atoms with Crippen molar-refractivity contribution in [2.45, 2.75) is 6.54 Å². The Hall–Kier alpha value is -1.90. The topological polar surface area (TPSA) is 131 Å². The van der Waals surface area contributed by atoms with Crippen molar-refractivity contribution in [1.29, 1.82) is 0 Å². The molecule has 2 aromatic heterocycles. The lowest BCUT2D eigenvalue weighted by molar-refractivity contribution is -0.0784. The van der Waals surface area contributed by atoms with E-state index >= 15 is 0 Å². The van der Waals surface area contributed by atoms with E-state index in [0.29, 0.717) is 30.7 Å². The van der Waals surface area contributed by atoms with Gasteiger partial charge in [0.15, 0.2) is 0 Å². The van der Waals surface area contributed by atoms with E-state index in [-0.39, 0.29) is 24.7 Å². The van der Waals surface area contributed by atoms with Crippen LogP contribution in [-0.4, -0.2) is 56.4 Å². The number of anilines is 1. The largest absolute Gasteiger partial charge is 0.396 e. The van der Waals surface area contributed by atoms with E-state index in [1.807, 2.05) is 0 Å². The first kappa shape index (κ1) is 13.1. The third kappa shape index (κ3) is 1.98. The first-order valence-electron chi connectivity index (χ1n) is 6.37. The molecule has 0 aliphatic carbocycles. The molecule has 0 amide bonds. The molecule has 8 nitrogen and oxygen atoms in total. The molecule has 0 bridgehead atoms. The summed E-state index contributed by atoms with van der Waals surface area (Å²) in [5, 5.41) is 18.5. The van der Waals surface area contributed by atoms with Crippen molar-refractivity contribution in [3.05, 3.63) is 22.1 Å². The van der Waals surface area contributed by atoms with E-state index in [0.717, 1.165) is 5.56 Å². The van der Waals surface area contributed by atoms with Crippen LogP contribution < -0.4 is 11.3 Å². The SMILES string of the molecule is Nc1nc2c(CN3CC(CO)(CO)C3)c[nH]c2c(=O)[nH]1. The normalized spacial score (nSPS) is 18.3. The van der Waals surface area contributed by atoms with Crippen molar-refractivity contribution >= 4 is 17.0 Å². The number of aliphatic hydroxyl groups excluding tert-OH is 2. The number of rotatable bonds is 4. The summed E-state index contributed by atoms with van der Waals surface area (Å²) in [5.41, 5.74) is 6.71. The summed E-state index contributed by atoms with van der Waals surface area (Å²) in [7, 11) is 0. The maximum absolute atomic E-state index is 11.7. The van der Waals surface area contributed by atoms with Crippen LogP contribution in [0.3, 0.4) is 0 Å². The van der Waals surface area contributed by atoms with E-state index < -0.39 is 5.41 Å². The second kappa shape index (κ2) is 4.58. The fourth-order valence-electron chi connectivity index (χ4n) is 2.71. The van der Waals surface area contributed by atoms with Crippen LogP contribution in [0.4, 0.5) is 5.95 Å². The molecule has 3 heterocycles. The molecule has 3 rings (SSSR count). The Kier molecular flexibility index (Phi) is 3.00. The number of hydrogen-bond donors (Lipinski definition) is 5. The minimum absolute atomic E-state index is 0.0290. The zero-order valence-corrected chi connectivity index (χ0v) is 10.9. The van der Waals surface area contributed by atoms with Gasteiger partial charge in [-0.25, -0.2) is 4.98 Å². The monoisotopic (exact) mass is 279 g/mol. The number of aliphatic hydroxyl groups is 2. The van der Waals surface area contributed by atoms with Gasteiger partial charge in [-0.2, -0.15) is 0 Å². The minimum Gasteiger partial charge on any atom is -0.396 e. The quantitative estimate of drug-likeness (QED) is 0.469. The summed E-state index contributed by atoms with van der Waals surface area (Å²) in [5.74, 6) is 0.0898. The summed E-state index contributed by atoms with van der Waals surface area (Å²) in [6.07, 6.45) is 1.74. The fraction of sp³-hybridized carbons (Fsp3) is 0.500. The molecule has 20 heavy (non-hydrogen) atoms.